The van der Waals surface area contributed by atoms with Gasteiger partial charge in [0.15, 0.2) is 0 Å². The van der Waals surface area contributed by atoms with Crippen LogP contribution in [0.2, 0.25) is 0 Å². The van der Waals surface area contributed by atoms with E-state index in [1.165, 1.54) is 6.42 Å². The Balaban J connectivity index is 1.97. The predicted molar refractivity (Wildman–Crippen MR) is 88.0 cm³/mol. The maximum Gasteiger partial charge on any atom is 0.253 e. The van der Waals surface area contributed by atoms with Gasteiger partial charge in [-0.15, -0.1) is 0 Å². The molecule has 0 saturated carbocycles. The molecule has 5 nitrogen and oxygen atoms in total. The molecule has 2 rings (SSSR count). The lowest BCUT2D eigenvalue weighted by Gasteiger charge is -2.26. The second-order valence-corrected chi connectivity index (χ2v) is 6.02. The molecule has 2 amide bonds. The van der Waals surface area contributed by atoms with Crippen LogP contribution in [0.4, 0.5) is 5.69 Å². The van der Waals surface area contributed by atoms with Crippen LogP contribution in [0.25, 0.3) is 0 Å². The normalized spacial score (nSPS) is 15.0. The Morgan fingerprint density at radius 2 is 1.91 bits per heavy atom. The molecule has 5 heteroatoms. The first-order valence-electron chi connectivity index (χ1n) is 7.99. The molecular weight excluding hydrogens is 278 g/mol. The van der Waals surface area contributed by atoms with Gasteiger partial charge in [0, 0.05) is 30.4 Å². The topological polar surface area (TPSA) is 61.4 Å². The molecule has 0 aliphatic carbocycles. The number of rotatable bonds is 5. The molecule has 120 valence electrons. The molecule has 1 fully saturated rings. The van der Waals surface area contributed by atoms with Gasteiger partial charge < -0.3 is 15.5 Å². The van der Waals surface area contributed by atoms with Crippen molar-refractivity contribution in [1.29, 1.82) is 0 Å². The Labute approximate surface area is 132 Å². The molecule has 0 atom stereocenters. The van der Waals surface area contributed by atoms with Crippen molar-refractivity contribution in [2.75, 3.05) is 25.0 Å². The fourth-order valence-electron chi connectivity index (χ4n) is 2.51. The largest absolute Gasteiger partial charge is 0.339 e. The number of hydrogen-bond donors (Lipinski definition) is 2. The van der Waals surface area contributed by atoms with Gasteiger partial charge in [0.05, 0.1) is 6.54 Å². The third-order valence-corrected chi connectivity index (χ3v) is 3.71. The highest BCUT2D eigenvalue weighted by Gasteiger charge is 2.18. The smallest absolute Gasteiger partial charge is 0.253 e. The average Bonchev–Trinajstić information content (AvgIpc) is 2.53. The van der Waals surface area contributed by atoms with Crippen molar-refractivity contribution in [2.24, 2.45) is 0 Å². The molecular formula is C17H25N3O2. The molecule has 22 heavy (non-hydrogen) atoms. The quantitative estimate of drug-likeness (QED) is 0.877. The van der Waals surface area contributed by atoms with E-state index in [1.807, 2.05) is 24.8 Å². The highest BCUT2D eigenvalue weighted by molar-refractivity contribution is 5.97. The first kappa shape index (κ1) is 16.5. The van der Waals surface area contributed by atoms with Gasteiger partial charge in [-0.3, -0.25) is 9.59 Å². The van der Waals surface area contributed by atoms with Crippen LogP contribution in [0.1, 0.15) is 43.5 Å². The van der Waals surface area contributed by atoms with Crippen molar-refractivity contribution in [3.63, 3.8) is 0 Å². The van der Waals surface area contributed by atoms with Gasteiger partial charge in [-0.1, -0.05) is 19.9 Å². The Kier molecular flexibility index (Phi) is 5.95. The number of nitrogens with zero attached hydrogens (tertiary/aromatic N) is 1. The predicted octanol–water partition coefficient (Wildman–Crippen LogP) is 2.25. The Bertz CT molecular complexity index is 522. The van der Waals surface area contributed by atoms with E-state index >= 15 is 0 Å². The number of anilines is 1. The third-order valence-electron chi connectivity index (χ3n) is 3.71. The standard InChI is InChI=1S/C17H25N3O2/c1-13(2)18-12-16(21)19-15-8-6-7-14(11-15)17(22)20-9-4-3-5-10-20/h6-8,11,13,18H,3-5,9-10,12H2,1-2H3,(H,19,21). The lowest BCUT2D eigenvalue weighted by Crippen LogP contribution is -2.35. The van der Waals surface area contributed by atoms with Gasteiger partial charge in [0.1, 0.15) is 0 Å². The van der Waals surface area contributed by atoms with Crippen LogP contribution in [0.3, 0.4) is 0 Å². The van der Waals surface area contributed by atoms with Crippen LogP contribution in [0.15, 0.2) is 24.3 Å². The zero-order valence-electron chi connectivity index (χ0n) is 13.4. The molecule has 1 heterocycles. The molecule has 0 unspecified atom stereocenters. The summed E-state index contributed by atoms with van der Waals surface area (Å²) in [7, 11) is 0. The molecule has 1 aromatic rings. The molecule has 1 aliphatic heterocycles. The number of piperidine rings is 1. The Hall–Kier alpha value is -1.88. The minimum Gasteiger partial charge on any atom is -0.339 e. The van der Waals surface area contributed by atoms with E-state index in [0.29, 0.717) is 11.3 Å². The third kappa shape index (κ3) is 4.84. The zero-order chi connectivity index (χ0) is 15.9. The van der Waals surface area contributed by atoms with Gasteiger partial charge in [0.25, 0.3) is 5.91 Å². The molecule has 0 radical (unpaired) electrons. The Morgan fingerprint density at radius 3 is 2.59 bits per heavy atom. The van der Waals surface area contributed by atoms with Crippen molar-refractivity contribution in [3.05, 3.63) is 29.8 Å². The SMILES string of the molecule is CC(C)NCC(=O)Nc1cccc(C(=O)N2CCCCC2)c1. The van der Waals surface area contributed by atoms with Crippen LogP contribution in [-0.4, -0.2) is 42.4 Å². The average molecular weight is 303 g/mol. The van der Waals surface area contributed by atoms with E-state index in [9.17, 15) is 9.59 Å². The summed E-state index contributed by atoms with van der Waals surface area (Å²) in [5.41, 5.74) is 1.30. The number of carbonyl (C=O) groups excluding carboxylic acids is 2. The minimum atomic E-state index is -0.101. The van der Waals surface area contributed by atoms with Gasteiger partial charge in [-0.25, -0.2) is 0 Å². The summed E-state index contributed by atoms with van der Waals surface area (Å²) in [6.45, 7) is 5.90. The van der Waals surface area contributed by atoms with Crippen LogP contribution in [-0.2, 0) is 4.79 Å². The number of carbonyl (C=O) groups is 2. The van der Waals surface area contributed by atoms with Crippen LogP contribution in [0, 0.1) is 0 Å². The summed E-state index contributed by atoms with van der Waals surface area (Å²) in [6.07, 6.45) is 3.34. The number of benzene rings is 1. The molecule has 1 aromatic carbocycles. The summed E-state index contributed by atoms with van der Waals surface area (Å²) < 4.78 is 0. The number of hydrogen-bond acceptors (Lipinski definition) is 3. The van der Waals surface area contributed by atoms with Gasteiger partial charge >= 0.3 is 0 Å². The van der Waals surface area contributed by atoms with Crippen LogP contribution in [0.5, 0.6) is 0 Å². The summed E-state index contributed by atoms with van der Waals surface area (Å²) in [5, 5.41) is 5.89. The molecule has 0 spiro atoms. The second kappa shape index (κ2) is 7.94. The van der Waals surface area contributed by atoms with E-state index in [1.54, 1.807) is 18.2 Å². The van der Waals surface area contributed by atoms with E-state index in [0.717, 1.165) is 25.9 Å². The number of nitrogens with one attached hydrogen (secondary N) is 2. The van der Waals surface area contributed by atoms with Gasteiger partial charge in [0.2, 0.25) is 5.91 Å². The van der Waals surface area contributed by atoms with Crippen molar-refractivity contribution < 1.29 is 9.59 Å². The zero-order valence-corrected chi connectivity index (χ0v) is 13.4. The van der Waals surface area contributed by atoms with E-state index < -0.39 is 0 Å². The van der Waals surface area contributed by atoms with E-state index in [2.05, 4.69) is 10.6 Å². The highest BCUT2D eigenvalue weighted by Crippen LogP contribution is 2.16. The first-order chi connectivity index (χ1) is 10.6. The van der Waals surface area contributed by atoms with Crippen molar-refractivity contribution >= 4 is 17.5 Å². The van der Waals surface area contributed by atoms with Crippen molar-refractivity contribution in [1.82, 2.24) is 10.2 Å². The molecule has 1 aliphatic rings. The monoisotopic (exact) mass is 303 g/mol. The lowest BCUT2D eigenvalue weighted by molar-refractivity contribution is -0.115. The maximum atomic E-state index is 12.5. The number of amides is 2. The molecule has 0 bridgehead atoms. The molecule has 2 N–H and O–H groups in total. The molecule has 0 aromatic heterocycles. The summed E-state index contributed by atoms with van der Waals surface area (Å²) in [4.78, 5) is 26.2. The van der Waals surface area contributed by atoms with Crippen molar-refractivity contribution in [2.45, 2.75) is 39.2 Å². The van der Waals surface area contributed by atoms with Gasteiger partial charge in [-0.05, 0) is 37.5 Å². The van der Waals surface area contributed by atoms with Gasteiger partial charge in [-0.2, -0.15) is 0 Å². The second-order valence-electron chi connectivity index (χ2n) is 6.02. The summed E-state index contributed by atoms with van der Waals surface area (Å²) in [6, 6.07) is 7.43. The van der Waals surface area contributed by atoms with Crippen molar-refractivity contribution in [3.8, 4) is 0 Å². The minimum absolute atomic E-state index is 0.0519. The van der Waals surface area contributed by atoms with E-state index in [-0.39, 0.29) is 24.4 Å². The van der Waals surface area contributed by atoms with E-state index in [4.69, 9.17) is 0 Å². The van der Waals surface area contributed by atoms with Crippen LogP contribution < -0.4 is 10.6 Å². The lowest BCUT2D eigenvalue weighted by atomic mass is 10.1. The van der Waals surface area contributed by atoms with Crippen LogP contribution >= 0.6 is 0 Å². The first-order valence-corrected chi connectivity index (χ1v) is 7.99. The summed E-state index contributed by atoms with van der Waals surface area (Å²) >= 11 is 0. The molecule has 1 saturated heterocycles. The fraction of sp³-hybridized carbons (Fsp3) is 0.529. The summed E-state index contributed by atoms with van der Waals surface area (Å²) in [5.74, 6) is -0.0487. The fourth-order valence-corrected chi connectivity index (χ4v) is 2.51. The Morgan fingerprint density at radius 1 is 1.18 bits per heavy atom. The number of likely N-dealkylation sites (tertiary alicyclic amines) is 1. The maximum absolute atomic E-state index is 12.5. The highest BCUT2D eigenvalue weighted by atomic mass is 16.2.